The monoisotopic (exact) mass is 387 g/mol. The summed E-state index contributed by atoms with van der Waals surface area (Å²) >= 11 is 0. The number of nitrogens with two attached hydrogens (primary N) is 1. The van der Waals surface area contributed by atoms with Gasteiger partial charge in [-0.15, -0.1) is 0 Å². The van der Waals surface area contributed by atoms with Gasteiger partial charge in [0.05, 0.1) is 12.7 Å². The van der Waals surface area contributed by atoms with Gasteiger partial charge in [0.15, 0.2) is 0 Å². The number of hydrogen-bond acceptors (Lipinski definition) is 6. The lowest BCUT2D eigenvalue weighted by atomic mass is 9.95. The Morgan fingerprint density at radius 3 is 2.32 bits per heavy atom. The minimum absolute atomic E-state index is 0.288. The summed E-state index contributed by atoms with van der Waals surface area (Å²) < 4.78 is 0. The number of benzene rings is 1. The van der Waals surface area contributed by atoms with Crippen LogP contribution in [0.4, 0.5) is 0 Å². The molecule has 0 aliphatic rings. The van der Waals surface area contributed by atoms with E-state index in [0.717, 1.165) is 0 Å². The zero-order valence-electron chi connectivity index (χ0n) is 16.0. The molecule has 0 saturated heterocycles. The predicted octanol–water partition coefficient (Wildman–Crippen LogP) is -0.628. The molecule has 3 atom stereocenters. The molecule has 1 aromatic rings. The summed E-state index contributed by atoms with van der Waals surface area (Å²) in [7, 11) is 0. The highest BCUT2D eigenvalue weighted by molar-refractivity contribution is 5.97. The van der Waals surface area contributed by atoms with Gasteiger partial charge in [0.2, 0.25) is 0 Å². The highest BCUT2D eigenvalue weighted by Gasteiger charge is 2.33. The smallest absolute Gasteiger partial charge is 0.267 e. The highest BCUT2D eigenvalue weighted by atomic mass is 16.5. The van der Waals surface area contributed by atoms with Crippen molar-refractivity contribution in [3.8, 4) is 23.7 Å². The molecule has 8 heteroatoms. The van der Waals surface area contributed by atoms with E-state index in [1.165, 1.54) is 17.6 Å². The fourth-order valence-electron chi connectivity index (χ4n) is 2.08. The predicted molar refractivity (Wildman–Crippen MR) is 103 cm³/mol. The number of aliphatic hydroxyl groups excluding tert-OH is 2. The molecule has 2 amide bonds. The molecule has 0 saturated carbocycles. The lowest BCUT2D eigenvalue weighted by molar-refractivity contribution is -0.132. The van der Waals surface area contributed by atoms with Gasteiger partial charge in [0.25, 0.3) is 11.8 Å². The summed E-state index contributed by atoms with van der Waals surface area (Å²) in [6, 6.07) is 5.16. The average Bonchev–Trinajstić information content (AvgIpc) is 2.67. The van der Waals surface area contributed by atoms with Crippen molar-refractivity contribution in [1.29, 1.82) is 0 Å². The first-order chi connectivity index (χ1) is 13.1. The molecular weight excluding hydrogens is 362 g/mol. The van der Waals surface area contributed by atoms with E-state index < -0.39 is 35.4 Å². The van der Waals surface area contributed by atoms with Gasteiger partial charge < -0.3 is 21.3 Å². The van der Waals surface area contributed by atoms with Crippen LogP contribution in [-0.2, 0) is 4.79 Å². The van der Waals surface area contributed by atoms with Crippen LogP contribution in [0.2, 0.25) is 0 Å². The van der Waals surface area contributed by atoms with E-state index in [0.29, 0.717) is 5.56 Å². The second-order valence-electron chi connectivity index (χ2n) is 6.84. The minimum Gasteiger partial charge on any atom is -0.394 e. The van der Waals surface area contributed by atoms with E-state index in [1.807, 2.05) is 0 Å². The first-order valence-corrected chi connectivity index (χ1v) is 8.54. The normalized spacial score (nSPS) is 13.7. The van der Waals surface area contributed by atoms with E-state index >= 15 is 0 Å². The highest BCUT2D eigenvalue weighted by Crippen LogP contribution is 2.09. The molecule has 150 valence electrons. The van der Waals surface area contributed by atoms with E-state index in [2.05, 4.69) is 29.0 Å². The number of hydrogen-bond donors (Lipinski definition) is 6. The maximum absolute atomic E-state index is 12.3. The van der Waals surface area contributed by atoms with Crippen LogP contribution in [0.5, 0.6) is 0 Å². The Bertz CT molecular complexity index is 807. The summed E-state index contributed by atoms with van der Waals surface area (Å²) in [5.74, 6) is 9.01. The summed E-state index contributed by atoms with van der Waals surface area (Å²) in [5.41, 5.74) is 7.18. The maximum atomic E-state index is 12.3. The van der Waals surface area contributed by atoms with E-state index in [-0.39, 0.29) is 12.2 Å². The topological polar surface area (TPSA) is 145 Å². The molecule has 0 bridgehead atoms. The molecule has 0 spiro atoms. The third kappa shape index (κ3) is 7.03. The summed E-state index contributed by atoms with van der Waals surface area (Å²) in [4.78, 5) is 24.0. The van der Waals surface area contributed by atoms with Gasteiger partial charge >= 0.3 is 0 Å². The zero-order chi connectivity index (χ0) is 21.3. The quantitative estimate of drug-likeness (QED) is 0.218. The third-order valence-corrected chi connectivity index (χ3v) is 3.87. The van der Waals surface area contributed by atoms with Crippen molar-refractivity contribution in [1.82, 2.24) is 10.8 Å². The molecule has 0 aliphatic heterocycles. The number of carbonyl (C=O) groups excluding carboxylic acids is 2. The molecule has 7 N–H and O–H groups in total. The van der Waals surface area contributed by atoms with Gasteiger partial charge in [-0.25, -0.2) is 5.48 Å². The minimum atomic E-state index is -1.13. The lowest BCUT2D eigenvalue weighted by Gasteiger charge is -2.29. The van der Waals surface area contributed by atoms with Gasteiger partial charge in [0.1, 0.15) is 6.04 Å². The molecule has 28 heavy (non-hydrogen) atoms. The van der Waals surface area contributed by atoms with Crippen LogP contribution >= 0.6 is 0 Å². The molecule has 1 unspecified atom stereocenters. The van der Waals surface area contributed by atoms with Gasteiger partial charge in [-0.1, -0.05) is 11.8 Å². The van der Waals surface area contributed by atoms with E-state index in [4.69, 9.17) is 16.0 Å². The Hall–Kier alpha value is -2.88. The van der Waals surface area contributed by atoms with Crippen molar-refractivity contribution < 1.29 is 25.0 Å². The summed E-state index contributed by atoms with van der Waals surface area (Å²) in [5, 5.41) is 29.5. The Morgan fingerprint density at radius 2 is 1.82 bits per heavy atom. The summed E-state index contributed by atoms with van der Waals surface area (Å²) in [6.07, 6.45) is -0.915. The Labute approximate surface area is 164 Å². The van der Waals surface area contributed by atoms with Gasteiger partial charge in [-0.3, -0.25) is 14.8 Å². The van der Waals surface area contributed by atoms with Crippen LogP contribution in [0.1, 0.15) is 36.7 Å². The largest absolute Gasteiger partial charge is 0.394 e. The third-order valence-electron chi connectivity index (χ3n) is 3.87. The van der Waals surface area contributed by atoms with Gasteiger partial charge in [0, 0.05) is 22.6 Å². The number of nitrogens with one attached hydrogen (secondary N) is 2. The molecular formula is C20H25N3O5. The average molecular weight is 387 g/mol. The van der Waals surface area contributed by atoms with Crippen molar-refractivity contribution >= 4 is 11.8 Å². The second-order valence-corrected chi connectivity index (χ2v) is 6.84. The van der Waals surface area contributed by atoms with Crippen LogP contribution in [-0.4, -0.2) is 51.5 Å². The molecule has 0 aliphatic carbocycles. The van der Waals surface area contributed by atoms with Crippen LogP contribution < -0.4 is 16.5 Å². The Morgan fingerprint density at radius 1 is 1.21 bits per heavy atom. The number of hydroxylamine groups is 1. The molecule has 0 radical (unpaired) electrons. The fourth-order valence-corrected chi connectivity index (χ4v) is 2.08. The first-order valence-electron chi connectivity index (χ1n) is 8.54. The van der Waals surface area contributed by atoms with Gasteiger partial charge in [-0.05, 0) is 56.9 Å². The lowest BCUT2D eigenvalue weighted by Crippen LogP contribution is -2.61. The number of rotatable bonds is 6. The van der Waals surface area contributed by atoms with Crippen LogP contribution in [0.3, 0.4) is 0 Å². The Kier molecular flexibility index (Phi) is 8.65. The molecule has 0 fully saturated rings. The number of amides is 2. The van der Waals surface area contributed by atoms with E-state index in [1.54, 1.807) is 32.9 Å². The van der Waals surface area contributed by atoms with Crippen molar-refractivity contribution in [2.24, 2.45) is 11.7 Å². The summed E-state index contributed by atoms with van der Waals surface area (Å²) in [6.45, 7) is 4.41. The van der Waals surface area contributed by atoms with Crippen molar-refractivity contribution in [2.45, 2.75) is 38.5 Å². The Balaban J connectivity index is 2.83. The number of aliphatic hydroxyl groups is 2. The van der Waals surface area contributed by atoms with Crippen molar-refractivity contribution in [3.05, 3.63) is 35.4 Å². The van der Waals surface area contributed by atoms with Gasteiger partial charge in [-0.2, -0.15) is 0 Å². The maximum Gasteiger partial charge on any atom is 0.267 e. The molecule has 1 rings (SSSR count). The standard InChI is InChI=1S/C20H25N3O5/c1-13(16(25)12-24)6-4-5-7-14-8-10-15(11-9-14)18(26)22-17(19(27)23-28)20(2,3)21/h8-11,13,16-17,24-25,28H,12,21H2,1-3H3,(H,22,26)(H,23,27)/t13-,16+,17?/m0/s1. The SMILES string of the molecule is C[C@@H](C#CC#Cc1ccc(C(=O)NC(C(=O)NO)C(C)(C)N)cc1)[C@H](O)CO. The van der Waals surface area contributed by atoms with E-state index in [9.17, 15) is 14.7 Å². The number of carbonyl (C=O) groups is 2. The van der Waals surface area contributed by atoms with Crippen molar-refractivity contribution in [2.75, 3.05) is 6.61 Å². The zero-order valence-corrected chi connectivity index (χ0v) is 16.0. The van der Waals surface area contributed by atoms with Crippen LogP contribution in [0.15, 0.2) is 24.3 Å². The first kappa shape index (κ1) is 23.2. The molecule has 1 aromatic carbocycles. The molecule has 8 nitrogen and oxygen atoms in total. The second kappa shape index (κ2) is 10.5. The van der Waals surface area contributed by atoms with Crippen LogP contribution in [0, 0.1) is 29.6 Å². The fraction of sp³-hybridized carbons (Fsp3) is 0.400. The molecule has 0 heterocycles. The molecule has 0 aromatic heterocycles. The van der Waals surface area contributed by atoms with Crippen LogP contribution in [0.25, 0.3) is 0 Å². The van der Waals surface area contributed by atoms with Crippen molar-refractivity contribution in [3.63, 3.8) is 0 Å².